The average molecular weight is 522 g/mol. The Morgan fingerprint density at radius 1 is 1.38 bits per heavy atom. The molecule has 0 radical (unpaired) electrons. The minimum atomic E-state index is -0.621. The highest BCUT2D eigenvalue weighted by atomic mass is 127. The molecule has 1 aliphatic heterocycles. The second-order valence-electron chi connectivity index (χ2n) is 7.71. The Kier molecular flexibility index (Phi) is 12.5. The standard InChI is InChI=1S/C21H35FN4O2.HI/c1-4-23-21(24-12-20(27)15-28-14-16(2)3)25-18-8-6-10-26(13-18)19-9-5-7-17(22)11-19;/h5,7,9,11,16,18,20,27H,4,6,8,10,12-15H2,1-3H3,(H2,23,24,25);1H. The van der Waals surface area contributed by atoms with Crippen LogP contribution in [0.1, 0.15) is 33.6 Å². The Labute approximate surface area is 191 Å². The van der Waals surface area contributed by atoms with Crippen LogP contribution in [-0.2, 0) is 4.74 Å². The zero-order valence-electron chi connectivity index (χ0n) is 17.7. The largest absolute Gasteiger partial charge is 0.389 e. The minimum absolute atomic E-state index is 0. The number of aliphatic hydroxyl groups is 1. The lowest BCUT2D eigenvalue weighted by atomic mass is 10.0. The van der Waals surface area contributed by atoms with Crippen molar-refractivity contribution in [3.63, 3.8) is 0 Å². The Morgan fingerprint density at radius 3 is 2.86 bits per heavy atom. The smallest absolute Gasteiger partial charge is 0.191 e. The van der Waals surface area contributed by atoms with Crippen molar-refractivity contribution in [1.29, 1.82) is 0 Å². The van der Waals surface area contributed by atoms with Crippen LogP contribution in [-0.4, -0.2) is 62.6 Å². The minimum Gasteiger partial charge on any atom is -0.389 e. The van der Waals surface area contributed by atoms with E-state index in [1.807, 2.05) is 13.0 Å². The quantitative estimate of drug-likeness (QED) is 0.265. The predicted octanol–water partition coefficient (Wildman–Crippen LogP) is 3.00. The van der Waals surface area contributed by atoms with E-state index in [0.717, 1.165) is 38.2 Å². The third-order valence-corrected chi connectivity index (χ3v) is 4.50. The molecule has 0 spiro atoms. The molecule has 1 aliphatic rings. The second-order valence-corrected chi connectivity index (χ2v) is 7.71. The highest BCUT2D eigenvalue weighted by Gasteiger charge is 2.21. The number of guanidine groups is 1. The van der Waals surface area contributed by atoms with Crippen LogP contribution in [0.4, 0.5) is 10.1 Å². The van der Waals surface area contributed by atoms with E-state index < -0.39 is 6.10 Å². The lowest BCUT2D eigenvalue weighted by Crippen LogP contribution is -2.51. The molecule has 166 valence electrons. The Bertz CT molecular complexity index is 618. The molecule has 1 aromatic rings. The van der Waals surface area contributed by atoms with Gasteiger partial charge in [0.15, 0.2) is 5.96 Å². The summed E-state index contributed by atoms with van der Waals surface area (Å²) in [5.74, 6) is 0.926. The summed E-state index contributed by atoms with van der Waals surface area (Å²) in [5, 5.41) is 16.8. The van der Waals surface area contributed by atoms with Gasteiger partial charge >= 0.3 is 0 Å². The number of anilines is 1. The number of nitrogens with zero attached hydrogens (tertiary/aromatic N) is 2. The van der Waals surface area contributed by atoms with Gasteiger partial charge in [0, 0.05) is 38.0 Å². The van der Waals surface area contributed by atoms with Crippen LogP contribution in [0, 0.1) is 11.7 Å². The normalized spacial score (nSPS) is 18.3. The zero-order chi connectivity index (χ0) is 20.4. The number of ether oxygens (including phenoxy) is 1. The van der Waals surface area contributed by atoms with E-state index in [1.54, 1.807) is 12.1 Å². The molecule has 0 aliphatic carbocycles. The van der Waals surface area contributed by atoms with Crippen molar-refractivity contribution in [2.24, 2.45) is 10.9 Å². The van der Waals surface area contributed by atoms with Crippen molar-refractivity contribution in [2.45, 2.75) is 45.8 Å². The third-order valence-electron chi connectivity index (χ3n) is 4.50. The molecular weight excluding hydrogens is 486 g/mol. The monoisotopic (exact) mass is 522 g/mol. The summed E-state index contributed by atoms with van der Waals surface area (Å²) >= 11 is 0. The molecule has 0 bridgehead atoms. The molecule has 0 saturated carbocycles. The van der Waals surface area contributed by atoms with Crippen LogP contribution in [0.3, 0.4) is 0 Å². The lowest BCUT2D eigenvalue weighted by molar-refractivity contribution is 0.0301. The number of rotatable bonds is 9. The molecule has 2 atom stereocenters. The molecule has 0 amide bonds. The molecule has 1 heterocycles. The van der Waals surface area contributed by atoms with Gasteiger partial charge in [-0.05, 0) is 43.9 Å². The Hall–Kier alpha value is -1.13. The summed E-state index contributed by atoms with van der Waals surface area (Å²) in [6.07, 6.45) is 1.43. The topological polar surface area (TPSA) is 69.1 Å². The molecule has 1 aromatic carbocycles. The van der Waals surface area contributed by atoms with E-state index in [-0.39, 0.29) is 49.0 Å². The summed E-state index contributed by atoms with van der Waals surface area (Å²) in [7, 11) is 0. The summed E-state index contributed by atoms with van der Waals surface area (Å²) < 4.78 is 19.0. The van der Waals surface area contributed by atoms with E-state index in [0.29, 0.717) is 18.5 Å². The first-order valence-electron chi connectivity index (χ1n) is 10.3. The molecule has 8 heteroatoms. The number of hydrogen-bond donors (Lipinski definition) is 3. The van der Waals surface area contributed by atoms with Crippen LogP contribution in [0.15, 0.2) is 29.3 Å². The van der Waals surface area contributed by atoms with Gasteiger partial charge in [0.2, 0.25) is 0 Å². The van der Waals surface area contributed by atoms with Gasteiger partial charge in [0.25, 0.3) is 0 Å². The van der Waals surface area contributed by atoms with Gasteiger partial charge in [-0.15, -0.1) is 24.0 Å². The highest BCUT2D eigenvalue weighted by Crippen LogP contribution is 2.20. The number of aliphatic hydroxyl groups excluding tert-OH is 1. The molecule has 6 nitrogen and oxygen atoms in total. The molecule has 0 aromatic heterocycles. The number of halogens is 2. The van der Waals surface area contributed by atoms with Crippen molar-refractivity contribution in [2.75, 3.05) is 44.3 Å². The molecule has 2 unspecified atom stereocenters. The first-order chi connectivity index (χ1) is 13.5. The molecule has 2 rings (SSSR count). The number of benzene rings is 1. The average Bonchev–Trinajstić information content (AvgIpc) is 2.66. The molecule has 1 saturated heterocycles. The fourth-order valence-corrected chi connectivity index (χ4v) is 3.20. The van der Waals surface area contributed by atoms with E-state index in [9.17, 15) is 9.50 Å². The van der Waals surface area contributed by atoms with Gasteiger partial charge in [0.1, 0.15) is 5.82 Å². The molecule has 29 heavy (non-hydrogen) atoms. The maximum absolute atomic E-state index is 13.5. The van der Waals surface area contributed by atoms with E-state index in [2.05, 4.69) is 34.4 Å². The van der Waals surface area contributed by atoms with E-state index in [1.165, 1.54) is 6.07 Å². The summed E-state index contributed by atoms with van der Waals surface area (Å²) in [4.78, 5) is 6.70. The van der Waals surface area contributed by atoms with Gasteiger partial charge in [-0.1, -0.05) is 19.9 Å². The van der Waals surface area contributed by atoms with Crippen LogP contribution >= 0.6 is 24.0 Å². The zero-order valence-corrected chi connectivity index (χ0v) is 20.1. The van der Waals surface area contributed by atoms with Crippen molar-refractivity contribution >= 4 is 35.6 Å². The van der Waals surface area contributed by atoms with Gasteiger partial charge in [-0.25, -0.2) is 4.39 Å². The maximum atomic E-state index is 13.5. The number of piperidine rings is 1. The summed E-state index contributed by atoms with van der Waals surface area (Å²) in [5.41, 5.74) is 0.908. The van der Waals surface area contributed by atoms with E-state index >= 15 is 0 Å². The molecule has 1 fully saturated rings. The summed E-state index contributed by atoms with van der Waals surface area (Å²) in [6.45, 7) is 9.83. The highest BCUT2D eigenvalue weighted by molar-refractivity contribution is 14.0. The molecular formula is C21H36FIN4O2. The first-order valence-corrected chi connectivity index (χ1v) is 10.3. The fourth-order valence-electron chi connectivity index (χ4n) is 3.20. The number of hydrogen-bond acceptors (Lipinski definition) is 4. The van der Waals surface area contributed by atoms with Crippen molar-refractivity contribution in [3.05, 3.63) is 30.1 Å². The molecule has 3 N–H and O–H groups in total. The van der Waals surface area contributed by atoms with Gasteiger partial charge < -0.3 is 25.4 Å². The first kappa shape index (κ1) is 25.9. The van der Waals surface area contributed by atoms with Crippen LogP contribution in [0.25, 0.3) is 0 Å². The van der Waals surface area contributed by atoms with Crippen molar-refractivity contribution in [1.82, 2.24) is 10.6 Å². The Balaban J connectivity index is 0.00000420. The predicted molar refractivity (Wildman–Crippen MR) is 128 cm³/mol. The van der Waals surface area contributed by atoms with Crippen molar-refractivity contribution < 1.29 is 14.2 Å². The van der Waals surface area contributed by atoms with Gasteiger partial charge in [0.05, 0.1) is 19.3 Å². The second kappa shape index (κ2) is 14.0. The van der Waals surface area contributed by atoms with E-state index in [4.69, 9.17) is 4.74 Å². The maximum Gasteiger partial charge on any atom is 0.191 e. The number of nitrogens with one attached hydrogen (secondary N) is 2. The SMILES string of the molecule is CCNC(=NCC(O)COCC(C)C)NC1CCCN(c2cccc(F)c2)C1.I. The van der Waals surface area contributed by atoms with Gasteiger partial charge in [-0.3, -0.25) is 4.99 Å². The van der Waals surface area contributed by atoms with Gasteiger partial charge in [-0.2, -0.15) is 0 Å². The van der Waals surface area contributed by atoms with Crippen LogP contribution < -0.4 is 15.5 Å². The van der Waals surface area contributed by atoms with Crippen LogP contribution in [0.5, 0.6) is 0 Å². The Morgan fingerprint density at radius 2 is 2.17 bits per heavy atom. The summed E-state index contributed by atoms with van der Waals surface area (Å²) in [6, 6.07) is 6.95. The third kappa shape index (κ3) is 9.95. The fraction of sp³-hybridized carbons (Fsp3) is 0.667. The van der Waals surface area contributed by atoms with Crippen molar-refractivity contribution in [3.8, 4) is 0 Å². The number of aliphatic imine (C=N–C) groups is 1. The van der Waals surface area contributed by atoms with Crippen LogP contribution in [0.2, 0.25) is 0 Å². The lowest BCUT2D eigenvalue weighted by Gasteiger charge is -2.35.